The van der Waals surface area contributed by atoms with Crippen molar-refractivity contribution in [3.8, 4) is 11.3 Å². The average molecular weight is 360 g/mol. The lowest BCUT2D eigenvalue weighted by Crippen LogP contribution is -2.39. The van der Waals surface area contributed by atoms with Crippen LogP contribution in [0.15, 0.2) is 55.2 Å². The van der Waals surface area contributed by atoms with Gasteiger partial charge < -0.3 is 10.6 Å². The first-order valence-corrected chi connectivity index (χ1v) is 8.94. The number of nitrogens with zero attached hydrogens (tertiary/aromatic N) is 5. The summed E-state index contributed by atoms with van der Waals surface area (Å²) in [7, 11) is 0. The van der Waals surface area contributed by atoms with E-state index in [1.807, 2.05) is 35.2 Å². The van der Waals surface area contributed by atoms with Gasteiger partial charge in [-0.15, -0.1) is 0 Å². The second-order valence-corrected chi connectivity index (χ2v) is 6.63. The van der Waals surface area contributed by atoms with E-state index >= 15 is 0 Å². The number of benzene rings is 1. The first kappa shape index (κ1) is 17.1. The van der Waals surface area contributed by atoms with Crippen LogP contribution in [0.3, 0.4) is 0 Å². The summed E-state index contributed by atoms with van der Waals surface area (Å²) >= 11 is 0. The summed E-state index contributed by atoms with van der Waals surface area (Å²) in [4.78, 5) is 31.3. The van der Waals surface area contributed by atoms with Crippen LogP contribution < -0.4 is 5.73 Å². The Morgan fingerprint density at radius 3 is 2.67 bits per heavy atom. The number of piperidine rings is 1. The molecule has 0 saturated carbocycles. The molecule has 1 atom stereocenters. The van der Waals surface area contributed by atoms with Crippen LogP contribution in [-0.2, 0) is 0 Å². The van der Waals surface area contributed by atoms with Crippen LogP contribution in [0, 0.1) is 0 Å². The first-order chi connectivity index (χ1) is 13.2. The van der Waals surface area contributed by atoms with Crippen LogP contribution in [0.2, 0.25) is 0 Å². The molecule has 1 aliphatic rings. The highest BCUT2D eigenvalue weighted by Crippen LogP contribution is 2.26. The van der Waals surface area contributed by atoms with Crippen molar-refractivity contribution in [2.75, 3.05) is 18.8 Å². The average Bonchev–Trinajstić information content (AvgIpc) is 2.74. The topological polar surface area (TPSA) is 97.9 Å². The fourth-order valence-electron chi connectivity index (χ4n) is 3.44. The van der Waals surface area contributed by atoms with Gasteiger partial charge in [-0.3, -0.25) is 4.79 Å². The Morgan fingerprint density at radius 2 is 1.93 bits per heavy atom. The summed E-state index contributed by atoms with van der Waals surface area (Å²) in [6, 6.07) is 11.1. The number of hydrogen-bond donors (Lipinski definition) is 1. The molecule has 0 spiro atoms. The van der Waals surface area contributed by atoms with Crippen LogP contribution >= 0.6 is 0 Å². The summed E-state index contributed by atoms with van der Waals surface area (Å²) in [5.41, 5.74) is 9.02. The quantitative estimate of drug-likeness (QED) is 0.771. The third kappa shape index (κ3) is 3.76. The molecule has 0 aliphatic carbocycles. The lowest BCUT2D eigenvalue weighted by molar-refractivity contribution is 0.0706. The summed E-state index contributed by atoms with van der Waals surface area (Å²) in [5, 5.41) is 0. The van der Waals surface area contributed by atoms with Crippen molar-refractivity contribution in [3.05, 3.63) is 66.5 Å². The minimum absolute atomic E-state index is 0.0440. The van der Waals surface area contributed by atoms with Gasteiger partial charge in [-0.25, -0.2) is 19.9 Å². The molecule has 3 heterocycles. The maximum absolute atomic E-state index is 12.9. The van der Waals surface area contributed by atoms with Crippen LogP contribution in [-0.4, -0.2) is 43.8 Å². The Morgan fingerprint density at radius 1 is 1.07 bits per heavy atom. The highest BCUT2D eigenvalue weighted by molar-refractivity contribution is 5.94. The Labute approximate surface area is 157 Å². The van der Waals surface area contributed by atoms with Crippen molar-refractivity contribution < 1.29 is 4.79 Å². The normalized spacial score (nSPS) is 16.9. The number of carbonyl (C=O) groups is 1. The molecule has 1 unspecified atom stereocenters. The molecule has 4 rings (SSSR count). The van der Waals surface area contributed by atoms with Crippen molar-refractivity contribution in [2.45, 2.75) is 18.8 Å². The SMILES string of the molecule is Nc1cc(-c2ccc(C(=O)N3CCCC(c4ccncn4)C3)cc2)ncn1. The number of likely N-dealkylation sites (tertiary alicyclic amines) is 1. The molecule has 136 valence electrons. The Hall–Kier alpha value is -3.35. The molecule has 27 heavy (non-hydrogen) atoms. The van der Waals surface area contributed by atoms with Gasteiger partial charge in [0, 0.05) is 48.1 Å². The third-order valence-electron chi connectivity index (χ3n) is 4.85. The van der Waals surface area contributed by atoms with Crippen molar-refractivity contribution in [3.63, 3.8) is 0 Å². The van der Waals surface area contributed by atoms with Crippen LogP contribution in [0.5, 0.6) is 0 Å². The van der Waals surface area contributed by atoms with E-state index in [0.717, 1.165) is 36.3 Å². The lowest BCUT2D eigenvalue weighted by atomic mass is 9.94. The summed E-state index contributed by atoms with van der Waals surface area (Å²) in [6.45, 7) is 1.45. The van der Waals surface area contributed by atoms with Gasteiger partial charge >= 0.3 is 0 Å². The van der Waals surface area contributed by atoms with Crippen molar-refractivity contribution in [2.24, 2.45) is 0 Å². The molecule has 1 amide bonds. The summed E-state index contributed by atoms with van der Waals surface area (Å²) in [5.74, 6) is 0.723. The molecule has 1 saturated heterocycles. The number of nitrogen functional groups attached to an aromatic ring is 1. The molecule has 1 aliphatic heterocycles. The molecular formula is C20H20N6O. The minimum Gasteiger partial charge on any atom is -0.384 e. The maximum atomic E-state index is 12.9. The smallest absolute Gasteiger partial charge is 0.253 e. The largest absolute Gasteiger partial charge is 0.384 e. The number of hydrogen-bond acceptors (Lipinski definition) is 6. The van der Waals surface area contributed by atoms with Crippen LogP contribution in [0.1, 0.15) is 34.8 Å². The number of rotatable bonds is 3. The third-order valence-corrected chi connectivity index (χ3v) is 4.85. The molecule has 0 radical (unpaired) electrons. The van der Waals surface area contributed by atoms with Gasteiger partial charge in [-0.05, 0) is 31.0 Å². The standard InChI is InChI=1S/C20H20N6O/c21-19-10-18(24-13-25-19)14-3-5-15(6-4-14)20(27)26-9-1-2-16(11-26)17-7-8-22-12-23-17/h3-8,10,12-13,16H,1-2,9,11H2,(H2,21,24,25). The lowest BCUT2D eigenvalue weighted by Gasteiger charge is -2.32. The zero-order valence-electron chi connectivity index (χ0n) is 14.8. The van der Waals surface area contributed by atoms with E-state index in [1.165, 1.54) is 6.33 Å². The summed E-state index contributed by atoms with van der Waals surface area (Å²) in [6.07, 6.45) is 6.76. The van der Waals surface area contributed by atoms with Gasteiger partial charge in [-0.2, -0.15) is 0 Å². The second kappa shape index (κ2) is 7.49. The predicted molar refractivity (Wildman–Crippen MR) is 102 cm³/mol. The Kier molecular flexibility index (Phi) is 4.74. The molecule has 0 bridgehead atoms. The van der Waals surface area contributed by atoms with Gasteiger partial charge in [0.25, 0.3) is 5.91 Å². The van der Waals surface area contributed by atoms with Crippen molar-refractivity contribution in [1.29, 1.82) is 0 Å². The monoisotopic (exact) mass is 360 g/mol. The molecule has 7 heteroatoms. The molecular weight excluding hydrogens is 340 g/mol. The van der Waals surface area contributed by atoms with E-state index in [2.05, 4.69) is 19.9 Å². The van der Waals surface area contributed by atoms with E-state index in [0.29, 0.717) is 17.9 Å². The fourth-order valence-corrected chi connectivity index (χ4v) is 3.44. The Bertz CT molecular complexity index is 929. The van der Waals surface area contributed by atoms with Gasteiger partial charge in [0.15, 0.2) is 0 Å². The number of carbonyl (C=O) groups excluding carboxylic acids is 1. The number of aromatic nitrogens is 4. The van der Waals surface area contributed by atoms with E-state index in [-0.39, 0.29) is 11.8 Å². The van der Waals surface area contributed by atoms with Crippen molar-refractivity contribution >= 4 is 11.7 Å². The van der Waals surface area contributed by atoms with Gasteiger partial charge in [-0.1, -0.05) is 12.1 Å². The molecule has 1 aromatic carbocycles. The summed E-state index contributed by atoms with van der Waals surface area (Å²) < 4.78 is 0. The zero-order chi connectivity index (χ0) is 18.6. The van der Waals surface area contributed by atoms with Crippen LogP contribution in [0.25, 0.3) is 11.3 Å². The minimum atomic E-state index is 0.0440. The molecule has 2 N–H and O–H groups in total. The molecule has 2 aromatic heterocycles. The molecule has 7 nitrogen and oxygen atoms in total. The second-order valence-electron chi connectivity index (χ2n) is 6.63. The van der Waals surface area contributed by atoms with E-state index < -0.39 is 0 Å². The van der Waals surface area contributed by atoms with Crippen LogP contribution in [0.4, 0.5) is 5.82 Å². The molecule has 1 fully saturated rings. The zero-order valence-corrected chi connectivity index (χ0v) is 14.8. The highest BCUT2D eigenvalue weighted by atomic mass is 16.2. The van der Waals surface area contributed by atoms with Gasteiger partial charge in [0.2, 0.25) is 0 Å². The maximum Gasteiger partial charge on any atom is 0.253 e. The van der Waals surface area contributed by atoms with Gasteiger partial charge in [0.1, 0.15) is 18.5 Å². The fraction of sp³-hybridized carbons (Fsp3) is 0.250. The number of nitrogens with two attached hydrogens (primary N) is 1. The number of amides is 1. The van der Waals surface area contributed by atoms with E-state index in [9.17, 15) is 4.79 Å². The Balaban J connectivity index is 1.49. The van der Waals surface area contributed by atoms with E-state index in [4.69, 9.17) is 5.73 Å². The highest BCUT2D eigenvalue weighted by Gasteiger charge is 2.26. The van der Waals surface area contributed by atoms with E-state index in [1.54, 1.807) is 18.6 Å². The predicted octanol–water partition coefficient (Wildman–Crippen LogP) is 2.54. The van der Waals surface area contributed by atoms with Crippen molar-refractivity contribution in [1.82, 2.24) is 24.8 Å². The number of anilines is 1. The molecule has 3 aromatic rings. The van der Waals surface area contributed by atoms with Gasteiger partial charge in [0.05, 0.1) is 5.69 Å². The first-order valence-electron chi connectivity index (χ1n) is 8.94.